The molecular formula is C16H15FO3S. The molecule has 0 radical (unpaired) electrons. The van der Waals surface area contributed by atoms with E-state index in [1.807, 2.05) is 0 Å². The number of carbonyl (C=O) groups is 1. The van der Waals surface area contributed by atoms with Crippen LogP contribution in [0.15, 0.2) is 48.5 Å². The second kappa shape index (κ2) is 7.36. The van der Waals surface area contributed by atoms with E-state index < -0.39 is 11.2 Å². The molecule has 1 unspecified atom stereocenters. The van der Waals surface area contributed by atoms with Crippen LogP contribution in [0.25, 0.3) is 11.1 Å². The topological polar surface area (TPSA) is 60.4 Å². The Morgan fingerprint density at radius 1 is 1.14 bits per heavy atom. The summed E-state index contributed by atoms with van der Waals surface area (Å²) < 4.78 is 25.1. The molecule has 0 amide bonds. The van der Waals surface area contributed by atoms with Gasteiger partial charge in [0, 0.05) is 11.1 Å². The van der Waals surface area contributed by atoms with Crippen molar-refractivity contribution >= 4 is 17.0 Å². The van der Waals surface area contributed by atoms with Gasteiger partial charge in [-0.25, -0.2) is 4.39 Å². The van der Waals surface area contributed by atoms with Crippen molar-refractivity contribution in [2.45, 2.75) is 0 Å². The molecule has 0 spiro atoms. The first-order valence-corrected chi connectivity index (χ1v) is 7.94. The molecule has 21 heavy (non-hydrogen) atoms. The number of hydrogen-bond donors (Lipinski definition) is 1. The Morgan fingerprint density at radius 2 is 1.81 bits per heavy atom. The molecule has 0 aliphatic carbocycles. The number of carbonyl (C=O) groups excluding carboxylic acids is 1. The predicted molar refractivity (Wildman–Crippen MR) is 81.1 cm³/mol. The Morgan fingerprint density at radius 3 is 2.43 bits per heavy atom. The second-order valence-corrected chi connectivity index (χ2v) is 6.07. The molecule has 0 aliphatic heterocycles. The van der Waals surface area contributed by atoms with Gasteiger partial charge < -0.3 is 9.66 Å². The average molecular weight is 306 g/mol. The minimum atomic E-state index is -1.36. The van der Waals surface area contributed by atoms with Gasteiger partial charge in [0.05, 0.1) is 6.61 Å². The van der Waals surface area contributed by atoms with Crippen LogP contribution in [0.1, 0.15) is 10.4 Å². The van der Waals surface area contributed by atoms with Gasteiger partial charge in [0.15, 0.2) is 5.75 Å². The minimum absolute atomic E-state index is 0.0963. The van der Waals surface area contributed by atoms with Gasteiger partial charge in [0.25, 0.3) is 0 Å². The highest BCUT2D eigenvalue weighted by Gasteiger charge is 2.15. The minimum Gasteiger partial charge on any atom is -0.616 e. The van der Waals surface area contributed by atoms with Crippen molar-refractivity contribution in [3.8, 4) is 11.1 Å². The Bertz CT molecular complexity index is 613. The summed E-state index contributed by atoms with van der Waals surface area (Å²) in [6.07, 6.45) is 0. The van der Waals surface area contributed by atoms with Gasteiger partial charge in [-0.3, -0.25) is 4.79 Å². The van der Waals surface area contributed by atoms with E-state index in [1.165, 1.54) is 6.07 Å². The van der Waals surface area contributed by atoms with Gasteiger partial charge >= 0.3 is 0 Å². The van der Waals surface area contributed by atoms with E-state index in [0.717, 1.165) is 0 Å². The highest BCUT2D eigenvalue weighted by molar-refractivity contribution is 7.92. The van der Waals surface area contributed by atoms with E-state index in [4.69, 9.17) is 5.11 Å². The molecule has 2 rings (SSSR count). The first kappa shape index (κ1) is 15.7. The zero-order valence-corrected chi connectivity index (χ0v) is 12.1. The van der Waals surface area contributed by atoms with E-state index in [2.05, 4.69) is 0 Å². The first-order chi connectivity index (χ1) is 10.1. The zero-order valence-electron chi connectivity index (χ0n) is 11.3. The number of halogens is 1. The number of hydrogen-bond acceptors (Lipinski definition) is 3. The molecular weight excluding hydrogens is 291 g/mol. The number of ketones is 1. The lowest BCUT2D eigenvalue weighted by molar-refractivity contribution is 0.102. The molecule has 5 heteroatoms. The standard InChI is InChI=1S/C16H15FO3S/c17-15-4-2-1-3-14(15)12-5-7-13(8-6-12)16(19)11-21(20)10-9-18/h1-8,18H,9-11H2. The van der Waals surface area contributed by atoms with Gasteiger partial charge in [-0.05, 0) is 22.8 Å². The average Bonchev–Trinajstić information content (AvgIpc) is 2.48. The summed E-state index contributed by atoms with van der Waals surface area (Å²) in [5.41, 5.74) is 1.59. The van der Waals surface area contributed by atoms with Crippen LogP contribution in [0.4, 0.5) is 4.39 Å². The number of aliphatic hydroxyl groups is 1. The van der Waals surface area contributed by atoms with Crippen LogP contribution in [-0.4, -0.2) is 33.6 Å². The van der Waals surface area contributed by atoms with E-state index in [1.54, 1.807) is 42.5 Å². The van der Waals surface area contributed by atoms with Crippen LogP contribution in [0, 0.1) is 5.82 Å². The van der Waals surface area contributed by atoms with Crippen LogP contribution in [0.3, 0.4) is 0 Å². The number of aliphatic hydroxyl groups excluding tert-OH is 1. The summed E-state index contributed by atoms with van der Waals surface area (Å²) >= 11 is -1.36. The number of Topliss-reactive ketones (excluding diaryl/α,β-unsaturated/α-hetero) is 1. The third-order valence-corrected chi connectivity index (χ3v) is 4.22. The second-order valence-electron chi connectivity index (χ2n) is 4.49. The normalized spacial score (nSPS) is 12.1. The third-order valence-electron chi connectivity index (χ3n) is 3.00. The summed E-state index contributed by atoms with van der Waals surface area (Å²) in [4.78, 5) is 11.9. The molecule has 2 aromatic carbocycles. The number of rotatable bonds is 6. The van der Waals surface area contributed by atoms with Gasteiger partial charge in [0.1, 0.15) is 11.6 Å². The van der Waals surface area contributed by atoms with Crippen molar-refractivity contribution < 1.29 is 18.8 Å². The lowest BCUT2D eigenvalue weighted by Gasteiger charge is -2.09. The lowest BCUT2D eigenvalue weighted by atomic mass is 10.0. The van der Waals surface area contributed by atoms with E-state index >= 15 is 0 Å². The van der Waals surface area contributed by atoms with Crippen molar-refractivity contribution in [3.63, 3.8) is 0 Å². The quantitative estimate of drug-likeness (QED) is 0.658. The fourth-order valence-corrected chi connectivity index (χ4v) is 2.74. The Hall–Kier alpha value is -1.69. The summed E-state index contributed by atoms with van der Waals surface area (Å²) in [7, 11) is 0. The molecule has 1 N–H and O–H groups in total. The summed E-state index contributed by atoms with van der Waals surface area (Å²) in [6, 6.07) is 12.9. The Kier molecular flexibility index (Phi) is 5.50. The summed E-state index contributed by atoms with van der Waals surface area (Å²) in [5.74, 6) is -0.582. The zero-order chi connectivity index (χ0) is 15.2. The number of benzene rings is 2. The third kappa shape index (κ3) is 4.14. The Labute approximate surface area is 125 Å². The molecule has 0 fully saturated rings. The molecule has 0 heterocycles. The molecule has 3 nitrogen and oxygen atoms in total. The van der Waals surface area contributed by atoms with Crippen LogP contribution < -0.4 is 0 Å². The van der Waals surface area contributed by atoms with Crippen LogP contribution in [-0.2, 0) is 11.2 Å². The first-order valence-electron chi connectivity index (χ1n) is 6.46. The largest absolute Gasteiger partial charge is 0.616 e. The van der Waals surface area contributed by atoms with Crippen LogP contribution >= 0.6 is 0 Å². The monoisotopic (exact) mass is 306 g/mol. The molecule has 0 saturated heterocycles. The van der Waals surface area contributed by atoms with E-state index in [-0.39, 0.29) is 29.7 Å². The van der Waals surface area contributed by atoms with Crippen molar-refractivity contribution in [2.75, 3.05) is 18.1 Å². The molecule has 0 aromatic heterocycles. The van der Waals surface area contributed by atoms with Crippen LogP contribution in [0.5, 0.6) is 0 Å². The molecule has 0 bridgehead atoms. The predicted octanol–water partition coefficient (Wildman–Crippen LogP) is 2.42. The maximum atomic E-state index is 13.7. The molecule has 1 atom stereocenters. The van der Waals surface area contributed by atoms with Gasteiger partial charge in [-0.15, -0.1) is 0 Å². The highest BCUT2D eigenvalue weighted by atomic mass is 32.2. The van der Waals surface area contributed by atoms with Gasteiger partial charge in [-0.2, -0.15) is 0 Å². The van der Waals surface area contributed by atoms with E-state index in [0.29, 0.717) is 16.7 Å². The fourth-order valence-electron chi connectivity index (χ4n) is 1.93. The van der Waals surface area contributed by atoms with Crippen molar-refractivity contribution in [1.82, 2.24) is 0 Å². The Balaban J connectivity index is 2.12. The maximum Gasteiger partial charge on any atom is 0.211 e. The van der Waals surface area contributed by atoms with Crippen molar-refractivity contribution in [1.29, 1.82) is 0 Å². The highest BCUT2D eigenvalue weighted by Crippen LogP contribution is 2.22. The van der Waals surface area contributed by atoms with Crippen molar-refractivity contribution in [2.24, 2.45) is 0 Å². The molecule has 110 valence electrons. The van der Waals surface area contributed by atoms with Gasteiger partial charge in [-0.1, -0.05) is 42.5 Å². The summed E-state index contributed by atoms with van der Waals surface area (Å²) in [6.45, 7) is -0.202. The van der Waals surface area contributed by atoms with Gasteiger partial charge in [0.2, 0.25) is 5.78 Å². The maximum absolute atomic E-state index is 13.7. The SMILES string of the molecule is O=C(C[S+]([O-])CCO)c1ccc(-c2ccccc2F)cc1. The fraction of sp³-hybridized carbons (Fsp3) is 0.188. The lowest BCUT2D eigenvalue weighted by Crippen LogP contribution is -2.20. The summed E-state index contributed by atoms with van der Waals surface area (Å²) in [5, 5.41) is 8.67. The molecule has 0 aliphatic rings. The van der Waals surface area contributed by atoms with Crippen molar-refractivity contribution in [3.05, 3.63) is 59.9 Å². The smallest absolute Gasteiger partial charge is 0.211 e. The molecule has 2 aromatic rings. The molecule has 0 saturated carbocycles. The van der Waals surface area contributed by atoms with Crippen LogP contribution in [0.2, 0.25) is 0 Å². The van der Waals surface area contributed by atoms with E-state index in [9.17, 15) is 13.7 Å².